The highest BCUT2D eigenvalue weighted by atomic mass is 32.1. The Morgan fingerprint density at radius 1 is 0.689 bits per heavy atom. The third-order valence-electron chi connectivity index (χ3n) is 5.93. The van der Waals surface area contributed by atoms with E-state index in [4.69, 9.17) is 29.2 Å². The number of aliphatic hydroxyl groups is 2. The van der Waals surface area contributed by atoms with Crippen LogP contribution >= 0.6 is 54.0 Å². The average Bonchev–Trinajstić information content (AvgIpc) is 3.68. The lowest BCUT2D eigenvalue weighted by molar-refractivity contribution is 0.0715. The first-order valence-electron chi connectivity index (χ1n) is 13.2. The lowest BCUT2D eigenvalue weighted by Gasteiger charge is -2.07. The minimum atomic E-state index is -0.371. The molecular formula is C26H52N4O11S4. The second-order valence-corrected chi connectivity index (χ2v) is 9.40. The number of amides is 4. The number of methoxy groups -OCH3 is 1. The van der Waals surface area contributed by atoms with Crippen molar-refractivity contribution in [2.24, 2.45) is 0 Å². The van der Waals surface area contributed by atoms with E-state index in [0.29, 0.717) is 45.9 Å². The van der Waals surface area contributed by atoms with Crippen LogP contribution in [-0.2, 0) is 23.7 Å². The van der Waals surface area contributed by atoms with Gasteiger partial charge in [-0.05, 0) is 6.42 Å². The molecule has 15 nitrogen and oxygen atoms in total. The summed E-state index contributed by atoms with van der Waals surface area (Å²) in [4.78, 5) is 49.2. The quantitative estimate of drug-likeness (QED) is 0.260. The monoisotopic (exact) mass is 724 g/mol. The molecule has 0 bridgehead atoms. The Bertz CT molecular complexity index is 856. The van der Waals surface area contributed by atoms with E-state index >= 15 is 0 Å². The molecule has 2 N–H and O–H groups in total. The fraction of sp³-hybridized carbons (Fsp3) is 0.692. The average molecular weight is 725 g/mol. The van der Waals surface area contributed by atoms with Crippen LogP contribution in [0.1, 0.15) is 13.3 Å². The molecule has 4 atom stereocenters. The number of aliphatic hydroxyl groups excluding tert-OH is 2. The van der Waals surface area contributed by atoms with Gasteiger partial charge in [0.25, 0.3) is 0 Å². The minimum Gasteiger partial charge on any atom is -0.444 e. The van der Waals surface area contributed by atoms with Crippen molar-refractivity contribution in [3.63, 3.8) is 0 Å². The van der Waals surface area contributed by atoms with Gasteiger partial charge in [-0.15, -0.1) is 13.2 Å². The van der Waals surface area contributed by atoms with Crippen LogP contribution in [0.5, 0.6) is 0 Å². The fourth-order valence-electron chi connectivity index (χ4n) is 3.73. The molecule has 0 aliphatic carbocycles. The summed E-state index contributed by atoms with van der Waals surface area (Å²) in [7, 11) is 4.93. The number of hydrogen-bond acceptors (Lipinski definition) is 11. The number of rotatable bonds is 9. The van der Waals surface area contributed by atoms with E-state index in [9.17, 15) is 19.2 Å². The second kappa shape index (κ2) is 27.0. The lowest BCUT2D eigenvalue weighted by atomic mass is 10.3. The van der Waals surface area contributed by atoms with Crippen LogP contribution in [0.15, 0.2) is 25.3 Å². The van der Waals surface area contributed by atoms with Crippen LogP contribution in [0.25, 0.3) is 0 Å². The number of hydrogen-bond donors (Lipinski definition) is 2. The van der Waals surface area contributed by atoms with Crippen LogP contribution in [0.2, 0.25) is 0 Å². The van der Waals surface area contributed by atoms with E-state index in [0.717, 1.165) is 6.42 Å². The van der Waals surface area contributed by atoms with Crippen LogP contribution in [-0.4, -0.2) is 159 Å². The van der Waals surface area contributed by atoms with Crippen molar-refractivity contribution in [1.82, 2.24) is 19.6 Å². The van der Waals surface area contributed by atoms with Gasteiger partial charge in [0.05, 0.1) is 46.0 Å². The summed E-state index contributed by atoms with van der Waals surface area (Å²) in [6.07, 6.45) is 2.35. The zero-order valence-corrected chi connectivity index (χ0v) is 30.3. The molecule has 0 aromatic carbocycles. The summed E-state index contributed by atoms with van der Waals surface area (Å²) in [5, 5.41) is 17.1. The van der Waals surface area contributed by atoms with Gasteiger partial charge >= 0.3 is 24.4 Å². The van der Waals surface area contributed by atoms with Gasteiger partial charge in [0.15, 0.2) is 0 Å². The summed E-state index contributed by atoms with van der Waals surface area (Å²) >= 11 is 0. The van der Waals surface area contributed by atoms with Gasteiger partial charge in [0.1, 0.15) is 24.4 Å². The predicted molar refractivity (Wildman–Crippen MR) is 188 cm³/mol. The third-order valence-corrected chi connectivity index (χ3v) is 5.93. The largest absolute Gasteiger partial charge is 0.444 e. The number of carbonyl (C=O) groups is 4. The molecule has 0 aromatic heterocycles. The number of nitrogens with zero attached hydrogens (tertiary/aromatic N) is 4. The van der Waals surface area contributed by atoms with Gasteiger partial charge in [-0.1, -0.05) is 19.1 Å². The molecule has 0 unspecified atom stereocenters. The molecule has 4 saturated heterocycles. The van der Waals surface area contributed by atoms with Crippen molar-refractivity contribution in [1.29, 1.82) is 0 Å². The molecule has 0 radical (unpaired) electrons. The maximum Gasteiger partial charge on any atom is 0.410 e. The Balaban J connectivity index is -0.000000242. The van der Waals surface area contributed by atoms with Gasteiger partial charge in [0, 0.05) is 34.3 Å². The highest BCUT2D eigenvalue weighted by Gasteiger charge is 2.30. The Labute approximate surface area is 293 Å². The number of ether oxygens (including phenoxy) is 5. The normalized spacial score (nSPS) is 22.4. The van der Waals surface area contributed by atoms with Crippen molar-refractivity contribution in [2.45, 2.75) is 37.8 Å². The van der Waals surface area contributed by atoms with E-state index in [1.54, 1.807) is 38.3 Å². The highest BCUT2D eigenvalue weighted by Crippen LogP contribution is 2.13. The first kappa shape index (κ1) is 49.7. The Hall–Kier alpha value is -2.16. The third kappa shape index (κ3) is 17.9. The summed E-state index contributed by atoms with van der Waals surface area (Å²) in [5.41, 5.74) is 0. The summed E-state index contributed by atoms with van der Waals surface area (Å²) in [5.74, 6) is 0. The molecule has 0 aromatic rings. The van der Waals surface area contributed by atoms with E-state index < -0.39 is 0 Å². The smallest absolute Gasteiger partial charge is 0.410 e. The van der Waals surface area contributed by atoms with Gasteiger partial charge < -0.3 is 53.5 Å². The topological polar surface area (TPSA) is 168 Å². The first-order chi connectivity index (χ1) is 19.5. The zero-order valence-electron chi connectivity index (χ0n) is 26.3. The van der Waals surface area contributed by atoms with Crippen molar-refractivity contribution >= 4 is 78.4 Å². The Kier molecular flexibility index (Phi) is 29.8. The van der Waals surface area contributed by atoms with Crippen molar-refractivity contribution in [3.05, 3.63) is 25.3 Å². The SMILES string of the molecule is C=CCN1C[C@@H](CC)OC1=O.C=CCN1C[C@@H](CO)OC1=O.CN1C[C@@H](CO)OC1=O.COC[C@@H]1CN(C)C(=O)O1.S.S.S.S. The molecule has 4 amide bonds. The number of carbonyl (C=O) groups excluding carboxylic acids is 4. The van der Waals surface area contributed by atoms with E-state index in [1.165, 1.54) is 14.7 Å². The molecule has 4 heterocycles. The second-order valence-electron chi connectivity index (χ2n) is 9.40. The Morgan fingerprint density at radius 2 is 1.04 bits per heavy atom. The minimum absolute atomic E-state index is 0. The van der Waals surface area contributed by atoms with Crippen molar-refractivity contribution in [3.8, 4) is 0 Å². The molecular weight excluding hydrogens is 673 g/mol. The van der Waals surface area contributed by atoms with E-state index in [2.05, 4.69) is 17.9 Å². The summed E-state index contributed by atoms with van der Waals surface area (Å²) in [6.45, 7) is 12.7. The van der Waals surface area contributed by atoms with E-state index in [-0.39, 0.29) is 116 Å². The van der Waals surface area contributed by atoms with Crippen LogP contribution in [0, 0.1) is 0 Å². The lowest BCUT2D eigenvalue weighted by Crippen LogP contribution is -2.25. The van der Waals surface area contributed by atoms with Gasteiger partial charge in [-0.2, -0.15) is 54.0 Å². The molecule has 4 aliphatic heterocycles. The maximum atomic E-state index is 11.0. The number of cyclic esters (lactones) is 4. The van der Waals surface area contributed by atoms with Gasteiger partial charge in [-0.25, -0.2) is 19.2 Å². The summed E-state index contributed by atoms with van der Waals surface area (Å²) < 4.78 is 24.1. The molecule has 45 heavy (non-hydrogen) atoms. The van der Waals surface area contributed by atoms with Crippen LogP contribution in [0.3, 0.4) is 0 Å². The molecule has 266 valence electrons. The van der Waals surface area contributed by atoms with Crippen LogP contribution in [0.4, 0.5) is 19.2 Å². The van der Waals surface area contributed by atoms with E-state index in [1.807, 2.05) is 6.92 Å². The standard InChI is InChI=1S/C8H13NO2.C7H11NO3.C6H11NO3.C5H9NO3.4H2S/c1-3-5-9-6-7(4-2)11-8(9)10;1-2-3-8-4-6(5-9)11-7(8)10;1-7-3-5(4-9-2)10-6(7)8;1-6-2-4(3-7)9-5(6)8;;;;/h3,7H,1,4-6H2,2H3;2,6,9H,1,3-5H2;5H,3-4H2,1-2H3;4,7H,2-3H2,1H3;4*1H2/t7-;6-;5-;4-;;;;/m1000..../s1. The summed E-state index contributed by atoms with van der Waals surface area (Å²) in [6, 6.07) is 0. The number of likely N-dealkylation sites (N-methyl/N-ethyl adjacent to an activating group) is 2. The molecule has 4 rings (SSSR count). The maximum absolute atomic E-state index is 11.0. The predicted octanol–water partition coefficient (Wildman–Crippen LogP) is 1.35. The zero-order chi connectivity index (χ0) is 30.9. The first-order valence-corrected chi connectivity index (χ1v) is 13.2. The van der Waals surface area contributed by atoms with Crippen LogP contribution < -0.4 is 0 Å². The molecule has 0 spiro atoms. The molecule has 4 aliphatic rings. The molecule has 0 saturated carbocycles. The molecule has 4 fully saturated rings. The van der Waals surface area contributed by atoms with Gasteiger partial charge in [0.2, 0.25) is 0 Å². The highest BCUT2D eigenvalue weighted by molar-refractivity contribution is 7.59. The van der Waals surface area contributed by atoms with Crippen molar-refractivity contribution < 1.29 is 53.1 Å². The fourth-order valence-corrected chi connectivity index (χ4v) is 3.73. The molecule has 19 heteroatoms. The Morgan fingerprint density at radius 3 is 1.31 bits per heavy atom. The van der Waals surface area contributed by atoms with Gasteiger partial charge in [-0.3, -0.25) is 0 Å². The van der Waals surface area contributed by atoms with Crippen molar-refractivity contribution in [2.75, 3.05) is 80.3 Å².